The van der Waals surface area contributed by atoms with E-state index >= 15 is 0 Å². The second-order valence-electron chi connectivity index (χ2n) is 16.5. The number of benzene rings is 4. The summed E-state index contributed by atoms with van der Waals surface area (Å²) in [4.78, 5) is 24.1. The fourth-order valence-electron chi connectivity index (χ4n) is 8.06. The summed E-state index contributed by atoms with van der Waals surface area (Å²) in [6.07, 6.45) is 19.0. The molecule has 1 unspecified atom stereocenters. The summed E-state index contributed by atoms with van der Waals surface area (Å²) < 4.78 is 4.94. The minimum Gasteiger partial charge on any atom is -0.409 e. The van der Waals surface area contributed by atoms with Gasteiger partial charge in [-0.05, 0) is 106 Å². The predicted octanol–water partition coefficient (Wildman–Crippen LogP) is 12.7. The molecule has 3 heterocycles. The third-order valence-corrected chi connectivity index (χ3v) is 11.1. The number of ketones is 2. The molecule has 0 N–H and O–H groups in total. The van der Waals surface area contributed by atoms with Crippen molar-refractivity contribution in [2.24, 2.45) is 5.92 Å². The van der Waals surface area contributed by atoms with Crippen molar-refractivity contribution in [2.45, 2.75) is 54.8 Å². The lowest BCUT2D eigenvalue weighted by molar-refractivity contribution is -0.332. The molecule has 7 rings (SSSR count). The summed E-state index contributed by atoms with van der Waals surface area (Å²) in [6, 6.07) is 35.1. The Bertz CT molecular complexity index is 2600. The minimum atomic E-state index is -1.69. The van der Waals surface area contributed by atoms with E-state index in [1.807, 2.05) is 48.5 Å². The van der Waals surface area contributed by atoms with E-state index in [0.29, 0.717) is 17.0 Å². The number of hydrogen-bond donors (Lipinski definition) is 0. The van der Waals surface area contributed by atoms with Crippen LogP contribution in [0.15, 0.2) is 133 Å². The molecule has 0 bridgehead atoms. The van der Waals surface area contributed by atoms with Crippen LogP contribution < -0.4 is 0 Å². The van der Waals surface area contributed by atoms with Crippen LogP contribution in [0.3, 0.4) is 0 Å². The van der Waals surface area contributed by atoms with Crippen molar-refractivity contribution in [1.29, 1.82) is 0 Å². The molecule has 1 aromatic heterocycles. The monoisotopic (exact) mass is 759 g/mol. The Balaban J connectivity index is 1.46. The Morgan fingerprint density at radius 1 is 0.655 bits per heavy atom. The van der Waals surface area contributed by atoms with E-state index in [0.717, 1.165) is 51.2 Å². The summed E-state index contributed by atoms with van der Waals surface area (Å²) in [5, 5.41) is 0. The molecule has 0 saturated heterocycles. The first kappa shape index (κ1) is 39.8. The number of Topliss-reactive ketones (excluding diaryl/α,β-unsaturated/α-hetero) is 2. The zero-order valence-electron chi connectivity index (χ0n) is 34.8. The molecular formula is C53H52BN2O2+. The average Bonchev–Trinajstić information content (AvgIpc) is 3.77. The van der Waals surface area contributed by atoms with Crippen LogP contribution in [0.4, 0.5) is 0 Å². The summed E-state index contributed by atoms with van der Waals surface area (Å²) in [6.45, 7) is 19.3. The summed E-state index contributed by atoms with van der Waals surface area (Å²) in [7, 11) is 0. The first-order valence-electron chi connectivity index (χ1n) is 20.3. The number of carbonyl (C=O) groups excluding carboxylic acids is 2. The van der Waals surface area contributed by atoms with Crippen molar-refractivity contribution in [3.63, 3.8) is 0 Å². The van der Waals surface area contributed by atoms with Crippen molar-refractivity contribution in [2.75, 3.05) is 0 Å². The lowest BCUT2D eigenvalue weighted by Crippen LogP contribution is -2.54. The van der Waals surface area contributed by atoms with E-state index in [9.17, 15) is 9.59 Å². The van der Waals surface area contributed by atoms with Crippen LogP contribution in [0.2, 0.25) is 6.82 Å². The number of allylic oxidation sites excluding steroid dienone is 4. The maximum atomic E-state index is 12.0. The van der Waals surface area contributed by atoms with Gasteiger partial charge in [-0.25, -0.2) is 0 Å². The number of carbonyl (C=O) groups is 2. The van der Waals surface area contributed by atoms with Crippen LogP contribution in [0.1, 0.15) is 105 Å². The highest BCUT2D eigenvalue weighted by molar-refractivity contribution is 6.73. The molecule has 2 aliphatic heterocycles. The minimum absolute atomic E-state index is 0.0510. The van der Waals surface area contributed by atoms with Gasteiger partial charge in [0.1, 0.15) is 0 Å². The van der Waals surface area contributed by atoms with Crippen molar-refractivity contribution in [3.05, 3.63) is 201 Å². The Labute approximate surface area is 344 Å². The Kier molecular flexibility index (Phi) is 11.4. The molecule has 0 aliphatic carbocycles. The zero-order chi connectivity index (χ0) is 41.1. The normalized spacial score (nSPS) is 16.7. The molecule has 0 spiro atoms. The summed E-state index contributed by atoms with van der Waals surface area (Å²) >= 11 is 0. The van der Waals surface area contributed by atoms with Gasteiger partial charge in [0.05, 0.1) is 0 Å². The number of aromatic nitrogens is 1. The zero-order valence-corrected chi connectivity index (χ0v) is 34.8. The molecule has 0 saturated carbocycles. The van der Waals surface area contributed by atoms with Gasteiger partial charge in [0.25, 0.3) is 0 Å². The second-order valence-corrected chi connectivity index (χ2v) is 16.5. The highest BCUT2D eigenvalue weighted by Crippen LogP contribution is 2.44. The Morgan fingerprint density at radius 2 is 1.10 bits per heavy atom. The first-order chi connectivity index (χ1) is 27.8. The molecule has 5 aromatic rings. The fourth-order valence-corrected chi connectivity index (χ4v) is 8.06. The standard InChI is InChI=1S/C53H52BN2O2/c1-36(2)33-51-52-47(29-21-41-13-9-37(3)10-14-41)34-49(31-23-42-15-11-38(4)12-16-42)55(52)54(7,8)56-50(32-24-44-19-27-46(28-20-44)40(6)58)35-48(53(51)56)30-22-43-17-25-45(26-18-43)39(5)57/h9-32,34-36H,7,33H2,1-6,8H3/q+1/b29-21+,30-22+,31-23+,32-24+. The van der Waals surface area contributed by atoms with Crippen LogP contribution in [0, 0.1) is 26.6 Å². The van der Waals surface area contributed by atoms with E-state index in [-0.39, 0.29) is 11.6 Å². The average molecular weight is 760 g/mol. The molecular weight excluding hydrogens is 707 g/mol. The van der Waals surface area contributed by atoms with E-state index < -0.39 is 6.42 Å². The Hall–Kier alpha value is -6.46. The second kappa shape index (κ2) is 16.6. The van der Waals surface area contributed by atoms with Gasteiger partial charge < -0.3 is 8.96 Å². The number of nitrogens with zero attached hydrogens (tertiary/aromatic N) is 2. The van der Waals surface area contributed by atoms with Crippen LogP contribution in [0.5, 0.6) is 0 Å². The third-order valence-electron chi connectivity index (χ3n) is 11.1. The SMILES string of the molecule is [CH2+][B-]1(C)n2c(/C=C/c3ccc(C(C)=O)cc3)cc(/C=C/c3ccc(C(C)=O)cc3)c2C(CC(C)C)=C2C(/C=C/c3ccc(C)cc3)=CC(/C=C/c3ccc(C)cc3)=[N+]21. The first-order valence-corrected chi connectivity index (χ1v) is 20.3. The molecule has 1 atom stereocenters. The van der Waals surface area contributed by atoms with Crippen LogP contribution >= 0.6 is 0 Å². The van der Waals surface area contributed by atoms with E-state index in [1.165, 1.54) is 28.1 Å². The van der Waals surface area contributed by atoms with Gasteiger partial charge in [-0.1, -0.05) is 146 Å². The molecule has 4 nitrogen and oxygen atoms in total. The molecule has 2 aliphatic rings. The molecule has 58 heavy (non-hydrogen) atoms. The number of hydrogen-bond acceptors (Lipinski definition) is 2. The lowest BCUT2D eigenvalue weighted by atomic mass is 9.48. The quantitative estimate of drug-likeness (QED) is 0.0722. The number of fused-ring (bicyclic) bond motifs is 2. The van der Waals surface area contributed by atoms with Crippen LogP contribution in [0.25, 0.3) is 42.0 Å². The topological polar surface area (TPSA) is 42.1 Å². The molecule has 4 aromatic carbocycles. The third kappa shape index (κ3) is 8.45. The van der Waals surface area contributed by atoms with Gasteiger partial charge in [-0.3, -0.25) is 9.59 Å². The van der Waals surface area contributed by atoms with E-state index in [1.54, 1.807) is 13.8 Å². The number of aryl methyl sites for hydroxylation is 2. The van der Waals surface area contributed by atoms with Crippen molar-refractivity contribution >= 4 is 65.7 Å². The molecule has 288 valence electrons. The van der Waals surface area contributed by atoms with Crippen molar-refractivity contribution < 1.29 is 14.1 Å². The van der Waals surface area contributed by atoms with E-state index in [4.69, 9.17) is 6.82 Å². The smallest absolute Gasteiger partial charge is 0.409 e. The molecule has 0 radical (unpaired) electrons. The van der Waals surface area contributed by atoms with Gasteiger partial charge in [0.15, 0.2) is 23.0 Å². The summed E-state index contributed by atoms with van der Waals surface area (Å²) in [5.74, 6) is 0.478. The highest BCUT2D eigenvalue weighted by Gasteiger charge is 2.52. The highest BCUT2D eigenvalue weighted by atomic mass is 16.1. The van der Waals surface area contributed by atoms with Crippen molar-refractivity contribution in [3.8, 4) is 0 Å². The van der Waals surface area contributed by atoms with Gasteiger partial charge in [0, 0.05) is 45.8 Å². The predicted molar refractivity (Wildman–Crippen MR) is 248 cm³/mol. The maximum Gasteiger partial charge on any atom is 0.557 e. The Morgan fingerprint density at radius 3 is 1.59 bits per heavy atom. The summed E-state index contributed by atoms with van der Waals surface area (Å²) in [5.41, 5.74) is 16.2. The molecule has 0 amide bonds. The maximum absolute atomic E-state index is 12.0. The van der Waals surface area contributed by atoms with Crippen LogP contribution in [-0.2, 0) is 0 Å². The molecule has 0 fully saturated rings. The lowest BCUT2D eigenvalue weighted by Gasteiger charge is -2.35. The van der Waals surface area contributed by atoms with E-state index in [2.05, 4.69) is 153 Å². The largest absolute Gasteiger partial charge is 0.557 e. The van der Waals surface area contributed by atoms with Gasteiger partial charge in [0.2, 0.25) is 0 Å². The van der Waals surface area contributed by atoms with Crippen LogP contribution in [-0.4, -0.2) is 32.7 Å². The molecule has 5 heteroatoms. The van der Waals surface area contributed by atoms with Gasteiger partial charge in [-0.15, -0.1) is 0 Å². The van der Waals surface area contributed by atoms with Gasteiger partial charge >= 0.3 is 6.42 Å². The van der Waals surface area contributed by atoms with Gasteiger partial charge in [-0.2, -0.15) is 0 Å². The fraction of sp³-hybridized carbons (Fsp3) is 0.170. The van der Waals surface area contributed by atoms with Crippen molar-refractivity contribution in [1.82, 2.24) is 4.48 Å². The number of rotatable bonds is 12.